The van der Waals surface area contributed by atoms with Crippen LogP contribution in [0.25, 0.3) is 33.4 Å². The summed E-state index contributed by atoms with van der Waals surface area (Å²) in [5.74, 6) is 0. The minimum absolute atomic E-state index is 0.318. The summed E-state index contributed by atoms with van der Waals surface area (Å²) < 4.78 is 6.66. The molecule has 0 aliphatic carbocycles. The first-order valence-corrected chi connectivity index (χ1v) is 13.3. The van der Waals surface area contributed by atoms with Crippen LogP contribution in [0.3, 0.4) is 0 Å². The Hall–Kier alpha value is -3.78. The van der Waals surface area contributed by atoms with E-state index in [4.69, 9.17) is 10.1 Å². The van der Waals surface area contributed by atoms with Gasteiger partial charge in [0.1, 0.15) is 11.3 Å². The Morgan fingerprint density at radius 3 is 2.47 bits per heavy atom. The lowest BCUT2D eigenvalue weighted by atomic mass is 9.97. The summed E-state index contributed by atoms with van der Waals surface area (Å²) in [5, 5.41) is 9.53. The van der Waals surface area contributed by atoms with Crippen molar-refractivity contribution in [3.8, 4) is 22.5 Å². The van der Waals surface area contributed by atoms with Crippen molar-refractivity contribution in [1.82, 2.24) is 25.1 Å². The molecule has 5 rings (SSSR count). The second-order valence-electron chi connectivity index (χ2n) is 10.4. The molecule has 0 amide bonds. The Kier molecular flexibility index (Phi) is 8.73. The van der Waals surface area contributed by atoms with Crippen molar-refractivity contribution < 1.29 is 9.53 Å². The number of hydrogen-bond acceptors (Lipinski definition) is 7. The number of pyridine rings is 2. The Labute approximate surface area is 225 Å². The molecule has 1 saturated heterocycles. The van der Waals surface area contributed by atoms with E-state index in [2.05, 4.69) is 62.7 Å². The van der Waals surface area contributed by atoms with Crippen LogP contribution < -0.4 is 10.2 Å². The van der Waals surface area contributed by atoms with Crippen LogP contribution in [0.2, 0.25) is 0 Å². The maximum absolute atomic E-state index is 9.60. The summed E-state index contributed by atoms with van der Waals surface area (Å²) in [6, 6.07) is 14.8. The van der Waals surface area contributed by atoms with Crippen molar-refractivity contribution in [2.45, 2.75) is 53.2 Å². The van der Waals surface area contributed by atoms with E-state index in [-0.39, 0.29) is 5.60 Å². The highest BCUT2D eigenvalue weighted by molar-refractivity contribution is 5.99. The number of aromatic nitrogens is 4. The molecule has 1 aromatic carbocycles. The minimum Gasteiger partial charge on any atom is -0.462 e. The van der Waals surface area contributed by atoms with Crippen molar-refractivity contribution in [3.05, 3.63) is 60.6 Å². The van der Waals surface area contributed by atoms with Crippen LogP contribution in [0.15, 0.2) is 54.9 Å². The van der Waals surface area contributed by atoms with E-state index in [0.717, 1.165) is 72.6 Å². The number of aryl methyl sites for hydroxylation is 1. The van der Waals surface area contributed by atoms with Gasteiger partial charge in [0, 0.05) is 67.4 Å². The predicted molar refractivity (Wildman–Crippen MR) is 153 cm³/mol. The molecule has 0 unspecified atom stereocenters. The second-order valence-corrected chi connectivity index (χ2v) is 10.4. The third-order valence-corrected chi connectivity index (χ3v) is 6.43. The van der Waals surface area contributed by atoms with Crippen LogP contribution in [-0.4, -0.2) is 58.0 Å². The average Bonchev–Trinajstić information content (AvgIpc) is 3.24. The molecule has 1 N–H and O–H groups in total. The van der Waals surface area contributed by atoms with Gasteiger partial charge in [-0.15, -0.1) is 0 Å². The second kappa shape index (κ2) is 12.2. The van der Waals surface area contributed by atoms with Crippen LogP contribution >= 0.6 is 0 Å². The topological polar surface area (TPSA) is 85.2 Å². The highest BCUT2D eigenvalue weighted by atomic mass is 16.5. The molecule has 8 nitrogen and oxygen atoms in total. The smallest absolute Gasteiger partial charge is 0.293 e. The van der Waals surface area contributed by atoms with Gasteiger partial charge in [-0.25, -0.2) is 0 Å². The van der Waals surface area contributed by atoms with Gasteiger partial charge in [0.05, 0.1) is 11.2 Å². The Morgan fingerprint density at radius 1 is 1.05 bits per heavy atom. The van der Waals surface area contributed by atoms with Gasteiger partial charge in [-0.1, -0.05) is 19.1 Å². The van der Waals surface area contributed by atoms with Crippen LogP contribution in [0, 0.1) is 6.92 Å². The lowest BCUT2D eigenvalue weighted by molar-refractivity contribution is -0.138. The van der Waals surface area contributed by atoms with E-state index < -0.39 is 0 Å². The van der Waals surface area contributed by atoms with E-state index in [1.54, 1.807) is 0 Å². The van der Waals surface area contributed by atoms with E-state index in [0.29, 0.717) is 6.47 Å². The number of carbonyl (C=O) groups is 1. The predicted octanol–water partition coefficient (Wildman–Crippen LogP) is 5.25. The van der Waals surface area contributed by atoms with Crippen LogP contribution in [0.4, 0.5) is 5.69 Å². The fourth-order valence-corrected chi connectivity index (χ4v) is 4.60. The van der Waals surface area contributed by atoms with Gasteiger partial charge in [0.15, 0.2) is 0 Å². The molecule has 4 heterocycles. The molecule has 4 aromatic rings. The van der Waals surface area contributed by atoms with Gasteiger partial charge in [-0.05, 0) is 70.0 Å². The summed E-state index contributed by atoms with van der Waals surface area (Å²) >= 11 is 0. The van der Waals surface area contributed by atoms with E-state index in [9.17, 15) is 4.79 Å². The number of piperazine rings is 1. The first kappa shape index (κ1) is 27.3. The Balaban J connectivity index is 0.000000426. The molecule has 1 aliphatic heterocycles. The van der Waals surface area contributed by atoms with E-state index >= 15 is 0 Å². The summed E-state index contributed by atoms with van der Waals surface area (Å²) in [4.78, 5) is 21.3. The number of hydrogen-bond donors (Lipinski definition) is 1. The standard InChI is InChI=1S/C25H28N6.C5H10O2/c1-3-14-31-18(2)24(25(29-31)22-6-4-5-10-27-22)21-9-11-28-23-17-19(7-8-20(21)23)30-15-12-26-13-16-30;1-5(2,3)7-4-6/h4-11,17,26H,3,12-16H2,1-2H3;4H,1-3H3. The Morgan fingerprint density at radius 2 is 1.84 bits per heavy atom. The molecular formula is C30H38N6O2. The summed E-state index contributed by atoms with van der Waals surface area (Å²) in [6.07, 6.45) is 4.78. The zero-order valence-corrected chi connectivity index (χ0v) is 23.1. The third-order valence-electron chi connectivity index (χ3n) is 6.43. The van der Waals surface area contributed by atoms with Gasteiger partial charge in [-0.2, -0.15) is 5.10 Å². The highest BCUT2D eigenvalue weighted by Crippen LogP contribution is 2.38. The maximum Gasteiger partial charge on any atom is 0.293 e. The zero-order chi connectivity index (χ0) is 27.1. The van der Waals surface area contributed by atoms with Crippen molar-refractivity contribution in [3.63, 3.8) is 0 Å². The largest absolute Gasteiger partial charge is 0.462 e. The number of ether oxygens (including phenoxy) is 1. The SMILES string of the molecule is CC(C)(C)OC=O.CCCn1nc(-c2ccccn2)c(-c2ccnc3cc(N4CCNCC4)ccc23)c1C. The fraction of sp³-hybridized carbons (Fsp3) is 0.400. The third kappa shape index (κ3) is 6.37. The minimum atomic E-state index is -0.318. The van der Waals surface area contributed by atoms with E-state index in [1.165, 1.54) is 11.4 Å². The first-order chi connectivity index (χ1) is 18.3. The molecule has 38 heavy (non-hydrogen) atoms. The first-order valence-electron chi connectivity index (χ1n) is 13.3. The molecular weight excluding hydrogens is 476 g/mol. The number of rotatable bonds is 6. The van der Waals surface area contributed by atoms with Gasteiger partial charge >= 0.3 is 0 Å². The molecule has 200 valence electrons. The van der Waals surface area contributed by atoms with Crippen molar-refractivity contribution >= 4 is 23.1 Å². The molecule has 0 spiro atoms. The molecule has 8 heteroatoms. The number of anilines is 1. The molecule has 1 aliphatic rings. The van der Waals surface area contributed by atoms with Gasteiger partial charge in [-0.3, -0.25) is 19.4 Å². The van der Waals surface area contributed by atoms with Crippen molar-refractivity contribution in [2.75, 3.05) is 31.1 Å². The summed E-state index contributed by atoms with van der Waals surface area (Å²) in [7, 11) is 0. The molecule has 1 fully saturated rings. The number of benzene rings is 1. The molecule has 0 atom stereocenters. The summed E-state index contributed by atoms with van der Waals surface area (Å²) in [6.45, 7) is 15.2. The maximum atomic E-state index is 9.60. The quantitative estimate of drug-likeness (QED) is 0.352. The fourth-order valence-electron chi connectivity index (χ4n) is 4.60. The van der Waals surface area contributed by atoms with E-state index in [1.807, 2.05) is 51.4 Å². The lowest BCUT2D eigenvalue weighted by Crippen LogP contribution is -2.43. The number of nitrogens with one attached hydrogen (secondary N) is 1. The molecule has 0 radical (unpaired) electrons. The molecule has 0 saturated carbocycles. The van der Waals surface area contributed by atoms with Crippen LogP contribution in [0.5, 0.6) is 0 Å². The molecule has 3 aromatic heterocycles. The summed E-state index contributed by atoms with van der Waals surface area (Å²) in [5.41, 5.74) is 7.25. The van der Waals surface area contributed by atoms with Crippen molar-refractivity contribution in [2.24, 2.45) is 0 Å². The van der Waals surface area contributed by atoms with Crippen LogP contribution in [0.1, 0.15) is 39.8 Å². The highest BCUT2D eigenvalue weighted by Gasteiger charge is 2.21. The molecule has 0 bridgehead atoms. The average molecular weight is 515 g/mol. The van der Waals surface area contributed by atoms with Crippen molar-refractivity contribution in [1.29, 1.82) is 0 Å². The normalized spacial score (nSPS) is 13.7. The van der Waals surface area contributed by atoms with Gasteiger partial charge in [0.2, 0.25) is 0 Å². The van der Waals surface area contributed by atoms with Gasteiger partial charge in [0.25, 0.3) is 6.47 Å². The van der Waals surface area contributed by atoms with Gasteiger partial charge < -0.3 is 15.0 Å². The van der Waals surface area contributed by atoms with Crippen LogP contribution in [-0.2, 0) is 16.1 Å². The number of nitrogens with zero attached hydrogens (tertiary/aromatic N) is 5. The number of carbonyl (C=O) groups excluding carboxylic acids is 1. The monoisotopic (exact) mass is 514 g/mol. The zero-order valence-electron chi connectivity index (χ0n) is 23.1. The Bertz CT molecular complexity index is 1350. The lowest BCUT2D eigenvalue weighted by Gasteiger charge is -2.29. The number of fused-ring (bicyclic) bond motifs is 1.